The summed E-state index contributed by atoms with van der Waals surface area (Å²) in [5.41, 5.74) is 0. The van der Waals surface area contributed by atoms with Crippen molar-refractivity contribution in [2.45, 2.75) is 281 Å². The monoisotopic (exact) mass is 936 g/mol. The van der Waals surface area contributed by atoms with E-state index in [1.54, 1.807) is 0 Å². The number of hydrogen-bond acceptors (Lipinski definition) is 10. The molecule has 0 bridgehead atoms. The van der Waals surface area contributed by atoms with E-state index in [0.717, 1.165) is 44.9 Å². The van der Waals surface area contributed by atoms with Crippen LogP contribution in [0.15, 0.2) is 48.6 Å². The number of carbonyl (C=O) groups is 1. The van der Waals surface area contributed by atoms with Crippen LogP contribution in [0.3, 0.4) is 0 Å². The normalized spacial score (nSPS) is 21.1. The first-order valence-corrected chi connectivity index (χ1v) is 27.0. The zero-order valence-corrected chi connectivity index (χ0v) is 41.9. The lowest BCUT2D eigenvalue weighted by Crippen LogP contribution is -2.60. The Hall–Kier alpha value is -1.93. The van der Waals surface area contributed by atoms with Gasteiger partial charge in [0.2, 0.25) is 5.91 Å². The van der Waals surface area contributed by atoms with Gasteiger partial charge in [-0.2, -0.15) is 0 Å². The second-order valence-electron chi connectivity index (χ2n) is 18.9. The number of rotatable bonds is 45. The molecule has 0 spiro atoms. The molecule has 8 N–H and O–H groups in total. The Balaban J connectivity index is 2.28. The van der Waals surface area contributed by atoms with Crippen LogP contribution < -0.4 is 5.32 Å². The van der Waals surface area contributed by atoms with Crippen LogP contribution in [-0.2, 0) is 14.3 Å². The van der Waals surface area contributed by atoms with Crippen molar-refractivity contribution < 1.29 is 50.0 Å². The van der Waals surface area contributed by atoms with E-state index < -0.39 is 74.2 Å². The number of aliphatic hydroxyl groups excluding tert-OH is 7. The molecular formula is C55H101NO10. The van der Waals surface area contributed by atoms with E-state index in [-0.39, 0.29) is 12.8 Å². The molecule has 0 radical (unpaired) electrons. The first kappa shape index (κ1) is 62.1. The predicted molar refractivity (Wildman–Crippen MR) is 270 cm³/mol. The number of aliphatic hydroxyl groups is 7. The van der Waals surface area contributed by atoms with Crippen molar-refractivity contribution >= 4 is 5.91 Å². The molecule has 1 saturated heterocycles. The van der Waals surface area contributed by atoms with Gasteiger partial charge in [0.25, 0.3) is 0 Å². The molecule has 11 heteroatoms. The Bertz CT molecular complexity index is 1210. The average Bonchev–Trinajstić information content (AvgIpc) is 3.32. The number of allylic oxidation sites excluding steroid dienone is 8. The summed E-state index contributed by atoms with van der Waals surface area (Å²) >= 11 is 0. The summed E-state index contributed by atoms with van der Waals surface area (Å²) in [7, 11) is 0. The van der Waals surface area contributed by atoms with Gasteiger partial charge >= 0.3 is 0 Å². The van der Waals surface area contributed by atoms with Crippen molar-refractivity contribution in [2.75, 3.05) is 13.2 Å². The first-order valence-electron chi connectivity index (χ1n) is 27.0. The molecule has 11 nitrogen and oxygen atoms in total. The van der Waals surface area contributed by atoms with Crippen molar-refractivity contribution in [1.82, 2.24) is 5.32 Å². The molecule has 1 aliphatic rings. The molecule has 0 aromatic carbocycles. The van der Waals surface area contributed by atoms with Gasteiger partial charge in [0.1, 0.15) is 36.6 Å². The first-order chi connectivity index (χ1) is 32.2. The van der Waals surface area contributed by atoms with Gasteiger partial charge in [0, 0.05) is 0 Å². The van der Waals surface area contributed by atoms with Crippen LogP contribution in [0.2, 0.25) is 0 Å². The Kier molecular flexibility index (Phi) is 41.7. The van der Waals surface area contributed by atoms with Crippen LogP contribution in [0.25, 0.3) is 0 Å². The van der Waals surface area contributed by atoms with Gasteiger partial charge in [0.15, 0.2) is 6.29 Å². The lowest BCUT2D eigenvalue weighted by atomic mass is 9.98. The topological polar surface area (TPSA) is 189 Å². The highest BCUT2D eigenvalue weighted by molar-refractivity contribution is 5.80. The number of carbonyl (C=O) groups excluding carboxylic acids is 1. The molecule has 0 saturated carbocycles. The van der Waals surface area contributed by atoms with E-state index in [1.165, 1.54) is 135 Å². The van der Waals surface area contributed by atoms with Crippen molar-refractivity contribution in [3.05, 3.63) is 48.6 Å². The van der Waals surface area contributed by atoms with Gasteiger partial charge in [-0.05, 0) is 84.0 Å². The summed E-state index contributed by atoms with van der Waals surface area (Å²) < 4.78 is 11.1. The maximum absolute atomic E-state index is 13.1. The highest BCUT2D eigenvalue weighted by Gasteiger charge is 2.44. The zero-order chi connectivity index (χ0) is 48.3. The van der Waals surface area contributed by atoms with E-state index in [1.807, 2.05) is 13.0 Å². The SMILES string of the molecule is C/C=C/CC/C=C/CC/C=C/CCCC(O)C(O)C(COC1OC(CO)C(O)C(O)C1O)NC(=O)C(O)CCCCCCCCCCCCC/C=C\CCCCCCCCCCCCCC. The van der Waals surface area contributed by atoms with E-state index in [4.69, 9.17) is 9.47 Å². The van der Waals surface area contributed by atoms with Gasteiger partial charge in [0.05, 0.1) is 25.4 Å². The molecular weight excluding hydrogens is 835 g/mol. The molecule has 1 fully saturated rings. The largest absolute Gasteiger partial charge is 0.394 e. The standard InChI is InChI=1S/C55H101NO10/c1-3-5-7-9-11-13-15-17-18-19-20-21-22-23-24-25-26-27-28-29-30-31-33-35-37-39-41-43-48(59)54(64)56-46(45-65-55-53(63)52(62)51(61)49(44-57)66-55)50(60)47(58)42-40-38-36-34-32-16-14-12-10-8-6-4-2/h4,6,12,14,23-24,34,36,46-53,55,57-63H,3,5,7-11,13,15-22,25-33,35,37-45H2,1-2H3,(H,56,64)/b6-4+,14-12+,24-23-,36-34+. The van der Waals surface area contributed by atoms with E-state index in [9.17, 15) is 40.5 Å². The fraction of sp³-hybridized carbons (Fsp3) is 0.836. The summed E-state index contributed by atoms with van der Waals surface area (Å²) in [6.07, 6.45) is 43.4. The highest BCUT2D eigenvalue weighted by Crippen LogP contribution is 2.23. The van der Waals surface area contributed by atoms with Gasteiger partial charge in [-0.25, -0.2) is 0 Å². The number of nitrogens with one attached hydrogen (secondary N) is 1. The zero-order valence-electron chi connectivity index (χ0n) is 41.9. The number of hydrogen-bond donors (Lipinski definition) is 8. The summed E-state index contributed by atoms with van der Waals surface area (Å²) in [6, 6.07) is -1.19. The highest BCUT2D eigenvalue weighted by atomic mass is 16.7. The lowest BCUT2D eigenvalue weighted by Gasteiger charge is -2.40. The molecule has 1 heterocycles. The molecule has 9 atom stereocenters. The van der Waals surface area contributed by atoms with Gasteiger partial charge < -0.3 is 50.5 Å². The maximum atomic E-state index is 13.1. The Morgan fingerprint density at radius 3 is 1.44 bits per heavy atom. The van der Waals surface area contributed by atoms with Crippen molar-refractivity contribution in [3.63, 3.8) is 0 Å². The van der Waals surface area contributed by atoms with E-state index in [2.05, 4.69) is 54.8 Å². The fourth-order valence-electron chi connectivity index (χ4n) is 8.48. The average molecular weight is 936 g/mol. The molecule has 0 aromatic rings. The van der Waals surface area contributed by atoms with Crippen LogP contribution in [0.5, 0.6) is 0 Å². The Morgan fingerprint density at radius 1 is 0.545 bits per heavy atom. The second kappa shape index (κ2) is 44.3. The minimum atomic E-state index is -1.67. The third-order valence-electron chi connectivity index (χ3n) is 12.9. The van der Waals surface area contributed by atoms with Gasteiger partial charge in [-0.15, -0.1) is 0 Å². The van der Waals surface area contributed by atoms with Crippen LogP contribution >= 0.6 is 0 Å². The van der Waals surface area contributed by atoms with Gasteiger partial charge in [-0.1, -0.05) is 190 Å². The van der Waals surface area contributed by atoms with E-state index in [0.29, 0.717) is 19.3 Å². The Morgan fingerprint density at radius 2 is 0.970 bits per heavy atom. The smallest absolute Gasteiger partial charge is 0.249 e. The summed E-state index contributed by atoms with van der Waals surface area (Å²) in [4.78, 5) is 13.1. The van der Waals surface area contributed by atoms with Crippen LogP contribution in [0.1, 0.15) is 226 Å². The summed E-state index contributed by atoms with van der Waals surface area (Å²) in [5, 5.41) is 75.8. The molecule has 66 heavy (non-hydrogen) atoms. The summed E-state index contributed by atoms with van der Waals surface area (Å²) in [6.45, 7) is 3.21. The predicted octanol–water partition coefficient (Wildman–Crippen LogP) is 10.5. The van der Waals surface area contributed by atoms with Crippen molar-refractivity contribution in [3.8, 4) is 0 Å². The molecule has 1 rings (SSSR count). The van der Waals surface area contributed by atoms with Gasteiger partial charge in [-0.3, -0.25) is 4.79 Å². The van der Waals surface area contributed by atoms with E-state index >= 15 is 0 Å². The minimum Gasteiger partial charge on any atom is -0.394 e. The quantitative estimate of drug-likeness (QED) is 0.0216. The number of amides is 1. The lowest BCUT2D eigenvalue weighted by molar-refractivity contribution is -0.303. The number of unbranched alkanes of at least 4 members (excludes halogenated alkanes) is 26. The van der Waals surface area contributed by atoms with Crippen molar-refractivity contribution in [2.24, 2.45) is 0 Å². The van der Waals surface area contributed by atoms with Crippen LogP contribution in [-0.4, -0.2) is 110 Å². The second-order valence-corrected chi connectivity index (χ2v) is 18.9. The maximum Gasteiger partial charge on any atom is 0.249 e. The molecule has 0 aromatic heterocycles. The molecule has 1 amide bonds. The Labute approximate surface area is 402 Å². The number of ether oxygens (including phenoxy) is 2. The minimum absolute atomic E-state index is 0.239. The molecule has 9 unspecified atom stereocenters. The third-order valence-corrected chi connectivity index (χ3v) is 12.9. The molecule has 386 valence electrons. The fourth-order valence-corrected chi connectivity index (χ4v) is 8.48. The van der Waals surface area contributed by atoms with Crippen LogP contribution in [0, 0.1) is 0 Å². The molecule has 1 aliphatic heterocycles. The van der Waals surface area contributed by atoms with Crippen molar-refractivity contribution in [1.29, 1.82) is 0 Å². The summed E-state index contributed by atoms with van der Waals surface area (Å²) in [5.74, 6) is -0.715. The molecule has 0 aliphatic carbocycles. The third kappa shape index (κ3) is 32.8. The van der Waals surface area contributed by atoms with Crippen LogP contribution in [0.4, 0.5) is 0 Å².